The predicted octanol–water partition coefficient (Wildman–Crippen LogP) is 2.18. The normalized spacial score (nSPS) is 9.44. The minimum atomic E-state index is -0.0378. The first-order valence-electron chi connectivity index (χ1n) is 2.42. The minimum Gasteiger partial charge on any atom is -0.399 e. The monoisotopic (exact) mass is 186 g/mol. The number of nitrogen functional groups attached to an aromatic ring is 1. The third kappa shape index (κ3) is 1.36. The molecule has 0 aliphatic rings. The van der Waals surface area contributed by atoms with Crippen LogP contribution < -0.4 is 5.73 Å². The highest BCUT2D eigenvalue weighted by molar-refractivity contribution is 9.10. The van der Waals surface area contributed by atoms with Gasteiger partial charge in [-0.05, 0) is 34.1 Å². The summed E-state index contributed by atoms with van der Waals surface area (Å²) in [5, 5.41) is 10.7. The molecule has 9 heavy (non-hydrogen) atoms. The van der Waals surface area contributed by atoms with E-state index in [2.05, 4.69) is 15.9 Å². The van der Waals surface area contributed by atoms with E-state index in [1.807, 2.05) is 0 Å². The molecule has 2 N–H and O–H groups in total. The van der Waals surface area contributed by atoms with Gasteiger partial charge in [0.15, 0.2) is 5.75 Å². The molecule has 0 amide bonds. The van der Waals surface area contributed by atoms with Crippen LogP contribution in [0.3, 0.4) is 0 Å². The van der Waals surface area contributed by atoms with Crippen LogP contribution in [0.2, 0.25) is 0 Å². The van der Waals surface area contributed by atoms with Gasteiger partial charge in [0.05, 0.1) is 4.47 Å². The Morgan fingerprint density at radius 3 is 2.56 bits per heavy atom. The molecule has 0 atom stereocenters. The summed E-state index contributed by atoms with van der Waals surface area (Å²) < 4.78 is 0.516. The van der Waals surface area contributed by atoms with Crippen molar-refractivity contribution in [2.24, 2.45) is 0 Å². The van der Waals surface area contributed by atoms with E-state index >= 15 is 0 Å². The maximum absolute atomic E-state index is 10.7. The molecule has 0 spiro atoms. The van der Waals surface area contributed by atoms with Crippen LogP contribution in [0.5, 0.6) is 5.75 Å². The lowest BCUT2D eigenvalue weighted by molar-refractivity contribution is 0.352. The van der Waals surface area contributed by atoms with Crippen molar-refractivity contribution >= 4 is 21.6 Å². The van der Waals surface area contributed by atoms with Gasteiger partial charge in [-0.3, -0.25) is 5.11 Å². The summed E-state index contributed by atoms with van der Waals surface area (Å²) in [5.74, 6) is -0.0378. The van der Waals surface area contributed by atoms with Gasteiger partial charge < -0.3 is 5.73 Å². The standard InChI is InChI=1S/C6H5BrNO/c7-5-3-4(8)1-2-6(5)9/h1-3H,8H2. The lowest BCUT2D eigenvalue weighted by atomic mass is 10.3. The van der Waals surface area contributed by atoms with Gasteiger partial charge >= 0.3 is 0 Å². The Hall–Kier alpha value is -0.700. The molecule has 0 aliphatic heterocycles. The number of benzene rings is 1. The Morgan fingerprint density at radius 2 is 2.11 bits per heavy atom. The van der Waals surface area contributed by atoms with Crippen molar-refractivity contribution in [3.8, 4) is 5.75 Å². The molecular formula is C6H5BrNO. The van der Waals surface area contributed by atoms with E-state index < -0.39 is 0 Å². The van der Waals surface area contributed by atoms with Crippen LogP contribution in [0.4, 0.5) is 5.69 Å². The zero-order valence-electron chi connectivity index (χ0n) is 4.60. The third-order valence-corrected chi connectivity index (χ3v) is 1.58. The van der Waals surface area contributed by atoms with Crippen LogP contribution in [0.15, 0.2) is 22.7 Å². The highest BCUT2D eigenvalue weighted by atomic mass is 79.9. The summed E-state index contributed by atoms with van der Waals surface area (Å²) >= 11 is 3.05. The number of anilines is 1. The molecule has 1 rings (SSSR count). The van der Waals surface area contributed by atoms with Crippen molar-refractivity contribution in [3.63, 3.8) is 0 Å². The Balaban J connectivity index is 3.17. The van der Waals surface area contributed by atoms with Gasteiger partial charge in [-0.2, -0.15) is 0 Å². The number of rotatable bonds is 0. The fourth-order valence-electron chi connectivity index (χ4n) is 0.517. The van der Waals surface area contributed by atoms with Crippen LogP contribution in [-0.2, 0) is 5.11 Å². The van der Waals surface area contributed by atoms with Crippen molar-refractivity contribution in [1.82, 2.24) is 0 Å². The Morgan fingerprint density at radius 1 is 1.44 bits per heavy atom. The zero-order chi connectivity index (χ0) is 6.85. The fourth-order valence-corrected chi connectivity index (χ4v) is 0.914. The van der Waals surface area contributed by atoms with E-state index in [0.29, 0.717) is 10.2 Å². The molecule has 1 aromatic carbocycles. The number of nitrogens with two attached hydrogens (primary N) is 1. The zero-order valence-corrected chi connectivity index (χ0v) is 6.18. The van der Waals surface area contributed by atoms with Gasteiger partial charge in [-0.15, -0.1) is 0 Å². The molecule has 0 saturated carbocycles. The second-order valence-corrected chi connectivity index (χ2v) is 2.54. The van der Waals surface area contributed by atoms with E-state index in [4.69, 9.17) is 5.73 Å². The van der Waals surface area contributed by atoms with Crippen molar-refractivity contribution < 1.29 is 5.11 Å². The molecule has 0 aliphatic carbocycles. The van der Waals surface area contributed by atoms with Gasteiger partial charge in [-0.25, -0.2) is 0 Å². The second-order valence-electron chi connectivity index (χ2n) is 1.69. The summed E-state index contributed by atoms with van der Waals surface area (Å²) in [6, 6.07) is 4.59. The number of hydrogen-bond donors (Lipinski definition) is 1. The number of hydrogen-bond acceptors (Lipinski definition) is 1. The fraction of sp³-hybridized carbons (Fsp3) is 0. The van der Waals surface area contributed by atoms with Crippen LogP contribution in [-0.4, -0.2) is 0 Å². The molecule has 47 valence electrons. The van der Waals surface area contributed by atoms with Crippen LogP contribution >= 0.6 is 15.9 Å². The average Bonchev–Trinajstić information content (AvgIpc) is 1.80. The van der Waals surface area contributed by atoms with Gasteiger partial charge in [-0.1, -0.05) is 0 Å². The quantitative estimate of drug-likeness (QED) is 0.621. The molecular weight excluding hydrogens is 182 g/mol. The van der Waals surface area contributed by atoms with Crippen LogP contribution in [0, 0.1) is 0 Å². The highest BCUT2D eigenvalue weighted by Gasteiger charge is 1.96. The van der Waals surface area contributed by atoms with Crippen molar-refractivity contribution in [1.29, 1.82) is 0 Å². The summed E-state index contributed by atoms with van der Waals surface area (Å²) in [5.41, 5.74) is 5.96. The van der Waals surface area contributed by atoms with E-state index in [1.54, 1.807) is 12.1 Å². The molecule has 1 aromatic rings. The topological polar surface area (TPSA) is 45.9 Å². The summed E-state index contributed by atoms with van der Waals surface area (Å²) in [6.07, 6.45) is 0. The van der Waals surface area contributed by atoms with E-state index in [9.17, 15) is 5.11 Å². The number of halogens is 1. The highest BCUT2D eigenvalue weighted by Crippen LogP contribution is 2.25. The Kier molecular flexibility index (Phi) is 1.62. The summed E-state index contributed by atoms with van der Waals surface area (Å²) in [4.78, 5) is 0. The molecule has 0 bridgehead atoms. The SMILES string of the molecule is Nc1ccc([O])c(Br)c1. The molecule has 0 aromatic heterocycles. The maximum atomic E-state index is 10.7. The average molecular weight is 187 g/mol. The largest absolute Gasteiger partial charge is 0.399 e. The Labute approximate surface area is 61.4 Å². The summed E-state index contributed by atoms with van der Waals surface area (Å²) in [7, 11) is 0. The first kappa shape index (κ1) is 6.42. The van der Waals surface area contributed by atoms with Crippen molar-refractivity contribution in [2.75, 3.05) is 5.73 Å². The van der Waals surface area contributed by atoms with Gasteiger partial charge in [0.2, 0.25) is 0 Å². The molecule has 0 unspecified atom stereocenters. The predicted molar refractivity (Wildman–Crippen MR) is 38.7 cm³/mol. The molecule has 0 fully saturated rings. The lowest BCUT2D eigenvalue weighted by Crippen LogP contribution is -1.81. The van der Waals surface area contributed by atoms with E-state index in [0.717, 1.165) is 0 Å². The summed E-state index contributed by atoms with van der Waals surface area (Å²) in [6.45, 7) is 0. The Bertz CT molecular complexity index is 224. The van der Waals surface area contributed by atoms with E-state index in [1.165, 1.54) is 6.07 Å². The molecule has 0 saturated heterocycles. The van der Waals surface area contributed by atoms with Crippen molar-refractivity contribution in [3.05, 3.63) is 22.7 Å². The minimum absolute atomic E-state index is 0.0378. The van der Waals surface area contributed by atoms with Crippen molar-refractivity contribution in [2.45, 2.75) is 0 Å². The van der Waals surface area contributed by atoms with Crippen LogP contribution in [0.1, 0.15) is 0 Å². The third-order valence-electron chi connectivity index (χ3n) is 0.956. The molecule has 0 heterocycles. The smallest absolute Gasteiger partial charge is 0.192 e. The van der Waals surface area contributed by atoms with Gasteiger partial charge in [0.1, 0.15) is 0 Å². The van der Waals surface area contributed by atoms with Gasteiger partial charge in [0.25, 0.3) is 0 Å². The maximum Gasteiger partial charge on any atom is 0.192 e. The van der Waals surface area contributed by atoms with Crippen LogP contribution in [0.25, 0.3) is 0 Å². The first-order valence-corrected chi connectivity index (χ1v) is 3.21. The first-order chi connectivity index (χ1) is 4.20. The van der Waals surface area contributed by atoms with Gasteiger partial charge in [0, 0.05) is 5.69 Å². The second kappa shape index (κ2) is 2.27. The molecule has 1 radical (unpaired) electrons. The lowest BCUT2D eigenvalue weighted by Gasteiger charge is -1.92. The molecule has 2 nitrogen and oxygen atoms in total. The van der Waals surface area contributed by atoms with E-state index in [-0.39, 0.29) is 5.75 Å². The molecule has 3 heteroatoms.